The monoisotopic (exact) mass is 340 g/mol. The van der Waals surface area contributed by atoms with Crippen molar-refractivity contribution >= 4 is 28.0 Å². The van der Waals surface area contributed by atoms with E-state index in [1.54, 1.807) is 29.4 Å². The van der Waals surface area contributed by atoms with Gasteiger partial charge in [0.1, 0.15) is 17.3 Å². The number of nitrogens with zero attached hydrogens (tertiary/aromatic N) is 2. The van der Waals surface area contributed by atoms with Gasteiger partial charge in [0, 0.05) is 22.5 Å². The molecule has 1 aromatic heterocycles. The lowest BCUT2D eigenvalue weighted by Crippen LogP contribution is -2.31. The van der Waals surface area contributed by atoms with Crippen molar-refractivity contribution in [1.29, 1.82) is 0 Å². The van der Waals surface area contributed by atoms with E-state index < -0.39 is 0 Å². The smallest absolute Gasteiger partial charge is 0.249 e. The van der Waals surface area contributed by atoms with Gasteiger partial charge in [-0.25, -0.2) is 0 Å². The highest BCUT2D eigenvalue weighted by molar-refractivity contribution is 7.17. The summed E-state index contributed by atoms with van der Waals surface area (Å²) in [5.41, 5.74) is 4.09. The minimum Gasteiger partial charge on any atom is -0.497 e. The first-order chi connectivity index (χ1) is 11.6. The number of amides is 1. The Kier molecular flexibility index (Phi) is 4.53. The predicted octanol–water partition coefficient (Wildman–Crippen LogP) is 3.74. The number of ether oxygens (including phenoxy) is 1. The fourth-order valence-electron chi connectivity index (χ4n) is 2.80. The van der Waals surface area contributed by atoms with Crippen molar-refractivity contribution < 1.29 is 9.53 Å². The van der Waals surface area contributed by atoms with Gasteiger partial charge in [-0.2, -0.15) is 0 Å². The Morgan fingerprint density at radius 3 is 2.67 bits per heavy atom. The Hall–Kier alpha value is -2.40. The largest absolute Gasteiger partial charge is 0.497 e. The van der Waals surface area contributed by atoms with Gasteiger partial charge >= 0.3 is 0 Å². The third-order valence-corrected chi connectivity index (χ3v) is 5.43. The SMILES string of the molecule is C=CCN1C(=O)CN=C(c2ccc(OC)cc2)c2c1sc(C)c2C. The number of rotatable bonds is 4. The van der Waals surface area contributed by atoms with Crippen molar-refractivity contribution in [1.82, 2.24) is 0 Å². The van der Waals surface area contributed by atoms with E-state index in [4.69, 9.17) is 4.74 Å². The van der Waals surface area contributed by atoms with Crippen LogP contribution in [0.1, 0.15) is 21.6 Å². The molecule has 1 amide bonds. The normalized spacial score (nSPS) is 14.0. The van der Waals surface area contributed by atoms with Gasteiger partial charge in [-0.05, 0) is 43.7 Å². The first-order valence-electron chi connectivity index (χ1n) is 7.77. The lowest BCUT2D eigenvalue weighted by molar-refractivity contribution is -0.117. The maximum absolute atomic E-state index is 12.5. The minimum atomic E-state index is 0.000844. The molecule has 0 atom stereocenters. The number of anilines is 1. The first kappa shape index (κ1) is 16.5. The quantitative estimate of drug-likeness (QED) is 0.796. The van der Waals surface area contributed by atoms with Gasteiger partial charge in [-0.1, -0.05) is 6.08 Å². The summed E-state index contributed by atoms with van der Waals surface area (Å²) in [5.74, 6) is 0.802. The van der Waals surface area contributed by atoms with Crippen LogP contribution >= 0.6 is 11.3 Å². The summed E-state index contributed by atoms with van der Waals surface area (Å²) in [6.07, 6.45) is 1.75. The fraction of sp³-hybridized carbons (Fsp3) is 0.263. The van der Waals surface area contributed by atoms with Crippen molar-refractivity contribution in [3.8, 4) is 5.75 Å². The molecule has 0 bridgehead atoms. The van der Waals surface area contributed by atoms with E-state index in [-0.39, 0.29) is 12.5 Å². The van der Waals surface area contributed by atoms with Crippen LogP contribution in [0.5, 0.6) is 5.75 Å². The number of methoxy groups -OCH3 is 1. The molecule has 0 radical (unpaired) electrons. The van der Waals surface area contributed by atoms with Gasteiger partial charge in [-0.15, -0.1) is 17.9 Å². The molecule has 0 saturated carbocycles. The topological polar surface area (TPSA) is 41.9 Å². The van der Waals surface area contributed by atoms with Crippen molar-refractivity contribution in [2.24, 2.45) is 4.99 Å². The van der Waals surface area contributed by atoms with E-state index in [0.29, 0.717) is 6.54 Å². The number of aliphatic imine (C=N–C) groups is 1. The summed E-state index contributed by atoms with van der Waals surface area (Å²) >= 11 is 1.64. The summed E-state index contributed by atoms with van der Waals surface area (Å²) in [6, 6.07) is 7.81. The number of fused-ring (bicyclic) bond motifs is 1. The predicted molar refractivity (Wildman–Crippen MR) is 99.8 cm³/mol. The molecule has 124 valence electrons. The van der Waals surface area contributed by atoms with Crippen molar-refractivity contribution in [3.05, 3.63) is 58.5 Å². The van der Waals surface area contributed by atoms with E-state index in [2.05, 4.69) is 25.4 Å². The number of carbonyl (C=O) groups excluding carboxylic acids is 1. The summed E-state index contributed by atoms with van der Waals surface area (Å²) in [6.45, 7) is 8.59. The molecule has 0 saturated heterocycles. The standard InChI is InChI=1S/C19H20N2O2S/c1-5-10-21-16(22)11-20-18(14-6-8-15(23-4)9-7-14)17-12(2)13(3)24-19(17)21/h5-9H,1,10-11H2,2-4H3. The Bertz CT molecular complexity index is 819. The van der Waals surface area contributed by atoms with E-state index in [1.807, 2.05) is 24.3 Å². The molecule has 0 unspecified atom stereocenters. The molecule has 0 spiro atoms. The molecule has 0 fully saturated rings. The number of hydrogen-bond donors (Lipinski definition) is 0. The van der Waals surface area contributed by atoms with Crippen molar-refractivity contribution in [3.63, 3.8) is 0 Å². The molecule has 4 nitrogen and oxygen atoms in total. The molecule has 0 aliphatic carbocycles. The fourth-order valence-corrected chi connectivity index (χ4v) is 3.98. The molecule has 1 aliphatic rings. The van der Waals surface area contributed by atoms with Crippen molar-refractivity contribution in [2.45, 2.75) is 13.8 Å². The highest BCUT2D eigenvalue weighted by Gasteiger charge is 2.28. The summed E-state index contributed by atoms with van der Waals surface area (Å²) in [4.78, 5) is 20.1. The Morgan fingerprint density at radius 2 is 2.04 bits per heavy atom. The Labute approximate surface area is 146 Å². The van der Waals surface area contributed by atoms with E-state index in [9.17, 15) is 4.79 Å². The summed E-state index contributed by atoms with van der Waals surface area (Å²) < 4.78 is 5.23. The minimum absolute atomic E-state index is 0.000844. The Balaban J connectivity index is 2.17. The van der Waals surface area contributed by atoms with Gasteiger partial charge in [0.05, 0.1) is 12.8 Å². The van der Waals surface area contributed by atoms with Gasteiger partial charge in [0.25, 0.3) is 0 Å². The molecule has 24 heavy (non-hydrogen) atoms. The maximum atomic E-state index is 12.5. The maximum Gasteiger partial charge on any atom is 0.249 e. The van der Waals surface area contributed by atoms with Gasteiger partial charge in [-0.3, -0.25) is 14.7 Å². The zero-order valence-electron chi connectivity index (χ0n) is 14.1. The average Bonchev–Trinajstić information content (AvgIpc) is 2.80. The molecular weight excluding hydrogens is 320 g/mol. The van der Waals surface area contributed by atoms with Crippen molar-refractivity contribution in [2.75, 3.05) is 25.1 Å². The highest BCUT2D eigenvalue weighted by Crippen LogP contribution is 2.38. The highest BCUT2D eigenvalue weighted by atomic mass is 32.1. The molecule has 1 aliphatic heterocycles. The van der Waals surface area contributed by atoms with Crippen LogP contribution in [0.4, 0.5) is 5.00 Å². The summed E-state index contributed by atoms with van der Waals surface area (Å²) in [7, 11) is 1.65. The second-order valence-electron chi connectivity index (χ2n) is 5.65. The zero-order chi connectivity index (χ0) is 17.3. The second-order valence-corrected chi connectivity index (χ2v) is 6.85. The van der Waals surface area contributed by atoms with Crippen LogP contribution in [0, 0.1) is 13.8 Å². The van der Waals surface area contributed by atoms with E-state index in [0.717, 1.165) is 27.6 Å². The number of aryl methyl sites for hydroxylation is 1. The molecule has 2 heterocycles. The van der Waals surface area contributed by atoms with Gasteiger partial charge < -0.3 is 4.74 Å². The third-order valence-electron chi connectivity index (χ3n) is 4.20. The van der Waals surface area contributed by atoms with E-state index in [1.165, 1.54) is 10.4 Å². The van der Waals surface area contributed by atoms with Crippen LogP contribution in [-0.4, -0.2) is 31.8 Å². The van der Waals surface area contributed by atoms with Crippen LogP contribution in [0.15, 0.2) is 41.9 Å². The van der Waals surface area contributed by atoms with Crippen LogP contribution in [0.3, 0.4) is 0 Å². The molecule has 5 heteroatoms. The lowest BCUT2D eigenvalue weighted by atomic mass is 10.00. The second kappa shape index (κ2) is 6.61. The zero-order valence-corrected chi connectivity index (χ0v) is 14.9. The lowest BCUT2D eigenvalue weighted by Gasteiger charge is -2.18. The number of benzene rings is 1. The average molecular weight is 340 g/mol. The molecule has 1 aromatic carbocycles. The van der Waals surface area contributed by atoms with Gasteiger partial charge in [0.2, 0.25) is 5.91 Å². The van der Waals surface area contributed by atoms with Crippen LogP contribution in [0.25, 0.3) is 0 Å². The summed E-state index contributed by atoms with van der Waals surface area (Å²) in [5, 5.41) is 0.960. The molecule has 3 rings (SSSR count). The number of hydrogen-bond acceptors (Lipinski definition) is 4. The van der Waals surface area contributed by atoms with Crippen LogP contribution in [-0.2, 0) is 4.79 Å². The van der Waals surface area contributed by atoms with Crippen LogP contribution < -0.4 is 9.64 Å². The molecule has 2 aromatic rings. The third kappa shape index (κ3) is 2.76. The number of thiophene rings is 1. The van der Waals surface area contributed by atoms with Gasteiger partial charge in [0.15, 0.2) is 0 Å². The molecular formula is C19H20N2O2S. The number of carbonyl (C=O) groups is 1. The first-order valence-corrected chi connectivity index (χ1v) is 8.59. The van der Waals surface area contributed by atoms with E-state index >= 15 is 0 Å². The van der Waals surface area contributed by atoms with Crippen LogP contribution in [0.2, 0.25) is 0 Å². The Morgan fingerprint density at radius 1 is 1.33 bits per heavy atom. The molecule has 0 N–H and O–H groups in total.